The van der Waals surface area contributed by atoms with Gasteiger partial charge in [0.1, 0.15) is 0 Å². The van der Waals surface area contributed by atoms with E-state index in [1.165, 1.54) is 26.2 Å². The summed E-state index contributed by atoms with van der Waals surface area (Å²) in [6.07, 6.45) is 2.27. The van der Waals surface area contributed by atoms with Gasteiger partial charge in [-0.25, -0.2) is 0 Å². The van der Waals surface area contributed by atoms with Crippen molar-refractivity contribution in [1.82, 2.24) is 5.32 Å². The second-order valence-electron chi connectivity index (χ2n) is 4.29. The minimum Gasteiger partial charge on any atom is -0.356 e. The van der Waals surface area contributed by atoms with Crippen LogP contribution in [0.25, 0.3) is 0 Å². The number of hydrogen-bond donors (Lipinski definition) is 1. The first-order valence-corrected chi connectivity index (χ1v) is 7.90. The standard InChI is InChI=1S/C13H16INOS/c1-9(16)15-6-4-10-5-7-17-13-3-2-11(14)8-12(10)13/h2-3,8,10H,4-7H2,1H3,(H,15,16). The molecule has 0 saturated heterocycles. The SMILES string of the molecule is CC(=O)NCCC1CCSc2ccc(I)cc21. The molecule has 0 aliphatic carbocycles. The van der Waals surface area contributed by atoms with E-state index in [1.807, 2.05) is 11.8 Å². The van der Waals surface area contributed by atoms with Crippen molar-refractivity contribution in [2.75, 3.05) is 12.3 Å². The summed E-state index contributed by atoms with van der Waals surface area (Å²) in [7, 11) is 0. The summed E-state index contributed by atoms with van der Waals surface area (Å²) in [4.78, 5) is 12.3. The number of benzene rings is 1. The Balaban J connectivity index is 2.05. The van der Waals surface area contributed by atoms with Gasteiger partial charge in [-0.3, -0.25) is 4.79 Å². The summed E-state index contributed by atoms with van der Waals surface area (Å²) in [5, 5.41) is 2.89. The van der Waals surface area contributed by atoms with Crippen LogP contribution in [-0.2, 0) is 4.79 Å². The lowest BCUT2D eigenvalue weighted by atomic mass is 9.92. The van der Waals surface area contributed by atoms with E-state index in [4.69, 9.17) is 0 Å². The lowest BCUT2D eigenvalue weighted by Crippen LogP contribution is -2.23. The Hall–Kier alpha value is -0.230. The highest BCUT2D eigenvalue weighted by atomic mass is 127. The van der Waals surface area contributed by atoms with E-state index in [0.29, 0.717) is 5.92 Å². The van der Waals surface area contributed by atoms with Gasteiger partial charge in [0.15, 0.2) is 0 Å². The molecule has 0 saturated carbocycles. The van der Waals surface area contributed by atoms with Crippen molar-refractivity contribution in [2.45, 2.75) is 30.6 Å². The van der Waals surface area contributed by atoms with E-state index in [-0.39, 0.29) is 5.91 Å². The first-order chi connectivity index (χ1) is 8.16. The third-order valence-corrected chi connectivity index (χ3v) is 4.80. The van der Waals surface area contributed by atoms with Gasteiger partial charge < -0.3 is 5.32 Å². The minimum absolute atomic E-state index is 0.0676. The van der Waals surface area contributed by atoms with Gasteiger partial charge in [-0.2, -0.15) is 0 Å². The fourth-order valence-electron chi connectivity index (χ4n) is 2.16. The zero-order chi connectivity index (χ0) is 12.3. The number of carbonyl (C=O) groups is 1. The van der Waals surface area contributed by atoms with Crippen LogP contribution in [0.15, 0.2) is 23.1 Å². The second kappa shape index (κ2) is 6.09. The highest BCUT2D eigenvalue weighted by Gasteiger charge is 2.20. The van der Waals surface area contributed by atoms with Crippen LogP contribution in [0.5, 0.6) is 0 Å². The summed E-state index contributed by atoms with van der Waals surface area (Å²) in [6.45, 7) is 2.36. The quantitative estimate of drug-likeness (QED) is 0.837. The number of carbonyl (C=O) groups excluding carboxylic acids is 1. The molecule has 1 aliphatic rings. The van der Waals surface area contributed by atoms with Gasteiger partial charge in [0.05, 0.1) is 0 Å². The van der Waals surface area contributed by atoms with Crippen molar-refractivity contribution in [3.63, 3.8) is 0 Å². The number of rotatable bonds is 3. The monoisotopic (exact) mass is 361 g/mol. The van der Waals surface area contributed by atoms with Gasteiger partial charge >= 0.3 is 0 Å². The van der Waals surface area contributed by atoms with E-state index in [1.54, 1.807) is 6.92 Å². The van der Waals surface area contributed by atoms with Gasteiger partial charge in [-0.1, -0.05) is 0 Å². The van der Waals surface area contributed by atoms with E-state index in [2.05, 4.69) is 46.1 Å². The molecule has 2 rings (SSSR count). The molecule has 1 aliphatic heterocycles. The molecule has 17 heavy (non-hydrogen) atoms. The molecule has 1 atom stereocenters. The van der Waals surface area contributed by atoms with Crippen LogP contribution in [0.2, 0.25) is 0 Å². The van der Waals surface area contributed by atoms with Gasteiger partial charge in [0.25, 0.3) is 0 Å². The molecule has 1 aromatic rings. The Kier molecular flexibility index (Phi) is 4.73. The van der Waals surface area contributed by atoms with E-state index in [9.17, 15) is 4.79 Å². The third kappa shape index (κ3) is 3.61. The Morgan fingerprint density at radius 2 is 2.41 bits per heavy atom. The maximum atomic E-state index is 10.9. The average molecular weight is 361 g/mol. The minimum atomic E-state index is 0.0676. The largest absolute Gasteiger partial charge is 0.356 e. The molecular formula is C13H16INOS. The molecule has 92 valence electrons. The fourth-order valence-corrected chi connectivity index (χ4v) is 3.85. The Bertz CT molecular complexity index is 422. The summed E-state index contributed by atoms with van der Waals surface area (Å²) < 4.78 is 1.30. The molecule has 4 heteroatoms. The first-order valence-electron chi connectivity index (χ1n) is 5.83. The van der Waals surface area contributed by atoms with Crippen LogP contribution in [-0.4, -0.2) is 18.2 Å². The molecule has 1 unspecified atom stereocenters. The van der Waals surface area contributed by atoms with Crippen LogP contribution in [0.3, 0.4) is 0 Å². The van der Waals surface area contributed by atoms with Gasteiger partial charge in [-0.05, 0) is 70.9 Å². The Morgan fingerprint density at radius 1 is 1.59 bits per heavy atom. The summed E-state index contributed by atoms with van der Waals surface area (Å²) in [5.41, 5.74) is 1.47. The van der Waals surface area contributed by atoms with E-state index >= 15 is 0 Å². The number of nitrogens with one attached hydrogen (secondary N) is 1. The number of halogens is 1. The smallest absolute Gasteiger partial charge is 0.216 e. The van der Waals surface area contributed by atoms with Crippen molar-refractivity contribution in [1.29, 1.82) is 0 Å². The van der Waals surface area contributed by atoms with Crippen molar-refractivity contribution in [2.24, 2.45) is 0 Å². The number of fused-ring (bicyclic) bond motifs is 1. The summed E-state index contributed by atoms with van der Waals surface area (Å²) in [6, 6.07) is 6.69. The van der Waals surface area contributed by atoms with Crippen molar-refractivity contribution in [3.8, 4) is 0 Å². The lowest BCUT2D eigenvalue weighted by Gasteiger charge is -2.25. The van der Waals surface area contributed by atoms with Crippen LogP contribution in [0, 0.1) is 3.57 Å². The molecule has 1 heterocycles. The van der Waals surface area contributed by atoms with Crippen LogP contribution in [0.1, 0.15) is 31.2 Å². The van der Waals surface area contributed by atoms with Crippen molar-refractivity contribution >= 4 is 40.3 Å². The summed E-state index contributed by atoms with van der Waals surface area (Å²) in [5.74, 6) is 1.86. The second-order valence-corrected chi connectivity index (χ2v) is 6.67. The number of hydrogen-bond acceptors (Lipinski definition) is 2. The molecule has 0 aromatic heterocycles. The average Bonchev–Trinajstić information content (AvgIpc) is 2.29. The highest BCUT2D eigenvalue weighted by molar-refractivity contribution is 14.1. The number of amides is 1. The van der Waals surface area contributed by atoms with Crippen LogP contribution in [0.4, 0.5) is 0 Å². The topological polar surface area (TPSA) is 29.1 Å². The molecular weight excluding hydrogens is 345 g/mol. The maximum absolute atomic E-state index is 10.9. The molecule has 0 spiro atoms. The zero-order valence-electron chi connectivity index (χ0n) is 9.83. The molecule has 0 bridgehead atoms. The zero-order valence-corrected chi connectivity index (χ0v) is 12.8. The normalized spacial score (nSPS) is 18.6. The molecule has 0 fully saturated rings. The first kappa shape index (κ1) is 13.2. The highest BCUT2D eigenvalue weighted by Crippen LogP contribution is 2.39. The number of thioether (sulfide) groups is 1. The molecule has 1 aromatic carbocycles. The lowest BCUT2D eigenvalue weighted by molar-refractivity contribution is -0.118. The van der Waals surface area contributed by atoms with Gasteiger partial charge in [0.2, 0.25) is 5.91 Å². The van der Waals surface area contributed by atoms with E-state index in [0.717, 1.165) is 13.0 Å². The predicted molar refractivity (Wildman–Crippen MR) is 80.5 cm³/mol. The molecule has 1 amide bonds. The van der Waals surface area contributed by atoms with Crippen molar-refractivity contribution in [3.05, 3.63) is 27.3 Å². The predicted octanol–water partition coefficient (Wildman–Crippen LogP) is 3.40. The molecule has 2 nitrogen and oxygen atoms in total. The van der Waals surface area contributed by atoms with Crippen molar-refractivity contribution < 1.29 is 4.79 Å². The van der Waals surface area contributed by atoms with Gasteiger partial charge in [-0.15, -0.1) is 11.8 Å². The maximum Gasteiger partial charge on any atom is 0.216 e. The van der Waals surface area contributed by atoms with Gasteiger partial charge in [0, 0.05) is 21.9 Å². The summed E-state index contributed by atoms with van der Waals surface area (Å²) >= 11 is 4.32. The third-order valence-electron chi connectivity index (χ3n) is 3.00. The van der Waals surface area contributed by atoms with Crippen LogP contribution < -0.4 is 5.32 Å². The Morgan fingerprint density at radius 3 is 3.18 bits per heavy atom. The van der Waals surface area contributed by atoms with E-state index < -0.39 is 0 Å². The molecule has 0 radical (unpaired) electrons. The molecule has 1 N–H and O–H groups in total. The Labute approximate surface area is 120 Å². The van der Waals surface area contributed by atoms with Crippen LogP contribution >= 0.6 is 34.4 Å². The fraction of sp³-hybridized carbons (Fsp3) is 0.462.